The molecule has 3 nitrogen and oxygen atoms in total. The van der Waals surface area contributed by atoms with E-state index in [1.54, 1.807) is 0 Å². The van der Waals surface area contributed by atoms with Crippen LogP contribution in [0, 0.1) is 6.92 Å². The van der Waals surface area contributed by atoms with Crippen molar-refractivity contribution >= 4 is 23.7 Å². The van der Waals surface area contributed by atoms with Gasteiger partial charge in [0.05, 0.1) is 0 Å². The van der Waals surface area contributed by atoms with Gasteiger partial charge in [-0.3, -0.25) is 0 Å². The van der Waals surface area contributed by atoms with Gasteiger partial charge in [-0.15, -0.1) is 0 Å². The number of fused-ring (bicyclic) bond motifs is 1. The fraction of sp³-hybridized carbons (Fsp3) is 0.462. The summed E-state index contributed by atoms with van der Waals surface area (Å²) in [5.74, 6) is 1.59. The zero-order chi connectivity index (χ0) is 12.4. The Hall–Kier alpha value is -1.00. The van der Waals surface area contributed by atoms with E-state index in [4.69, 9.17) is 4.42 Å². The van der Waals surface area contributed by atoms with Crippen molar-refractivity contribution in [2.24, 2.45) is 0 Å². The average molecular weight is 250 g/mol. The van der Waals surface area contributed by atoms with Crippen LogP contribution in [-0.2, 0) is 0 Å². The number of oxazole rings is 1. The molecule has 4 heteroatoms. The Bertz CT molecular complexity index is 507. The molecular weight excluding hydrogens is 232 g/mol. The molecule has 1 unspecified atom stereocenters. The number of hydrogen-bond acceptors (Lipinski definition) is 4. The maximum absolute atomic E-state index is 5.57. The van der Waals surface area contributed by atoms with Gasteiger partial charge in [-0.2, -0.15) is 12.6 Å². The Balaban J connectivity index is 2.39. The van der Waals surface area contributed by atoms with E-state index in [9.17, 15) is 0 Å². The average Bonchev–Trinajstić information content (AvgIpc) is 2.64. The second-order valence-electron chi connectivity index (χ2n) is 4.45. The molecule has 0 spiro atoms. The Morgan fingerprint density at radius 3 is 2.82 bits per heavy atom. The number of nitrogens with zero attached hydrogens (tertiary/aromatic N) is 2. The normalized spacial score (nSPS) is 13.5. The van der Waals surface area contributed by atoms with Crippen LogP contribution >= 0.6 is 12.6 Å². The van der Waals surface area contributed by atoms with Crippen molar-refractivity contribution in [3.8, 4) is 0 Å². The first-order valence-electron chi connectivity index (χ1n) is 5.76. The van der Waals surface area contributed by atoms with Gasteiger partial charge in [-0.1, -0.05) is 6.07 Å². The van der Waals surface area contributed by atoms with E-state index in [-0.39, 0.29) is 0 Å². The lowest BCUT2D eigenvalue weighted by molar-refractivity contribution is 0.293. The Morgan fingerprint density at radius 2 is 2.18 bits per heavy atom. The highest BCUT2D eigenvalue weighted by Gasteiger charge is 2.14. The summed E-state index contributed by atoms with van der Waals surface area (Å²) < 4.78 is 5.57. The number of aromatic nitrogens is 1. The third kappa shape index (κ3) is 2.64. The molecule has 1 aromatic carbocycles. The summed E-state index contributed by atoms with van der Waals surface area (Å²) in [4.78, 5) is 6.52. The molecule has 0 amide bonds. The number of rotatable bonds is 4. The molecule has 0 radical (unpaired) electrons. The van der Waals surface area contributed by atoms with Gasteiger partial charge >= 0.3 is 0 Å². The molecule has 0 N–H and O–H groups in total. The number of benzene rings is 1. The molecule has 2 rings (SSSR count). The molecular formula is C13H18N2OS. The highest BCUT2D eigenvalue weighted by molar-refractivity contribution is 7.80. The van der Waals surface area contributed by atoms with E-state index >= 15 is 0 Å². The zero-order valence-corrected chi connectivity index (χ0v) is 11.4. The lowest BCUT2D eigenvalue weighted by Crippen LogP contribution is -2.20. The van der Waals surface area contributed by atoms with Crippen LogP contribution in [0.4, 0.5) is 0 Å². The van der Waals surface area contributed by atoms with E-state index in [0.29, 0.717) is 11.9 Å². The third-order valence-corrected chi connectivity index (χ3v) is 3.19. The van der Waals surface area contributed by atoms with Crippen molar-refractivity contribution < 1.29 is 4.42 Å². The minimum atomic E-state index is 0.377. The molecule has 1 heterocycles. The highest BCUT2D eigenvalue weighted by Crippen LogP contribution is 2.26. The summed E-state index contributed by atoms with van der Waals surface area (Å²) in [5.41, 5.74) is 3.05. The van der Waals surface area contributed by atoms with Crippen molar-refractivity contribution in [3.63, 3.8) is 0 Å². The van der Waals surface area contributed by atoms with Gasteiger partial charge < -0.3 is 9.32 Å². The van der Waals surface area contributed by atoms with E-state index in [1.165, 1.54) is 5.56 Å². The molecule has 0 fully saturated rings. The van der Waals surface area contributed by atoms with Crippen LogP contribution in [0.2, 0.25) is 0 Å². The summed E-state index contributed by atoms with van der Waals surface area (Å²) in [6.45, 7) is 1.87. The van der Waals surface area contributed by atoms with Gasteiger partial charge in [0.25, 0.3) is 0 Å². The molecule has 0 aliphatic rings. The van der Waals surface area contributed by atoms with Gasteiger partial charge in [0.1, 0.15) is 5.52 Å². The zero-order valence-electron chi connectivity index (χ0n) is 10.5. The van der Waals surface area contributed by atoms with Crippen molar-refractivity contribution in [3.05, 3.63) is 29.7 Å². The maximum atomic E-state index is 5.57. The van der Waals surface area contributed by atoms with Crippen molar-refractivity contribution in [1.82, 2.24) is 9.88 Å². The monoisotopic (exact) mass is 250 g/mol. The van der Waals surface area contributed by atoms with Crippen molar-refractivity contribution in [2.75, 3.05) is 19.8 Å². The Labute approximate surface area is 107 Å². The molecule has 0 saturated heterocycles. The first-order chi connectivity index (χ1) is 8.11. The smallest absolute Gasteiger partial charge is 0.192 e. The van der Waals surface area contributed by atoms with E-state index in [2.05, 4.69) is 48.7 Å². The van der Waals surface area contributed by atoms with Crippen LogP contribution in [0.5, 0.6) is 0 Å². The molecule has 0 saturated carbocycles. The van der Waals surface area contributed by atoms with Gasteiger partial charge in [0.15, 0.2) is 11.5 Å². The van der Waals surface area contributed by atoms with E-state index < -0.39 is 0 Å². The predicted molar refractivity (Wildman–Crippen MR) is 73.6 cm³/mol. The second kappa shape index (κ2) is 5.10. The summed E-state index contributed by atoms with van der Waals surface area (Å²) in [6.07, 6.45) is 1.02. The summed E-state index contributed by atoms with van der Waals surface area (Å²) >= 11 is 4.32. The molecule has 17 heavy (non-hydrogen) atoms. The van der Waals surface area contributed by atoms with Crippen LogP contribution in [-0.4, -0.2) is 29.7 Å². The van der Waals surface area contributed by atoms with E-state index in [1.807, 2.05) is 13.0 Å². The summed E-state index contributed by atoms with van der Waals surface area (Å²) in [5, 5.41) is 0. The molecule has 1 aromatic heterocycles. The molecule has 2 aromatic rings. The van der Waals surface area contributed by atoms with Crippen LogP contribution in [0.1, 0.15) is 23.9 Å². The van der Waals surface area contributed by atoms with Gasteiger partial charge in [0, 0.05) is 13.0 Å². The van der Waals surface area contributed by atoms with Crippen LogP contribution in [0.3, 0.4) is 0 Å². The van der Waals surface area contributed by atoms with Crippen LogP contribution < -0.4 is 0 Å². The van der Waals surface area contributed by atoms with Crippen LogP contribution in [0.15, 0.2) is 22.6 Å². The fourth-order valence-corrected chi connectivity index (χ4v) is 2.35. The minimum absolute atomic E-state index is 0.377. The Morgan fingerprint density at radius 1 is 1.41 bits per heavy atom. The fourth-order valence-electron chi connectivity index (χ4n) is 2.11. The van der Waals surface area contributed by atoms with Gasteiger partial charge in [0.2, 0.25) is 0 Å². The first kappa shape index (κ1) is 12.5. The molecule has 1 atom stereocenters. The highest BCUT2D eigenvalue weighted by atomic mass is 32.1. The lowest BCUT2D eigenvalue weighted by atomic mass is 10.0. The first-order valence-corrected chi connectivity index (χ1v) is 6.39. The maximum Gasteiger partial charge on any atom is 0.192 e. The van der Waals surface area contributed by atoms with Crippen LogP contribution in [0.25, 0.3) is 11.1 Å². The van der Waals surface area contributed by atoms with Crippen molar-refractivity contribution in [2.45, 2.75) is 19.4 Å². The van der Waals surface area contributed by atoms with Crippen molar-refractivity contribution in [1.29, 1.82) is 0 Å². The predicted octanol–water partition coefficient (Wildman–Crippen LogP) is 3.06. The number of aryl methyl sites for hydroxylation is 1. The third-order valence-electron chi connectivity index (χ3n) is 2.93. The summed E-state index contributed by atoms with van der Waals surface area (Å²) in [6, 6.07) is 6.61. The SMILES string of the molecule is Cc1nc2ccc(C(CCS)N(C)C)cc2o1. The molecule has 0 bridgehead atoms. The largest absolute Gasteiger partial charge is 0.441 e. The summed E-state index contributed by atoms with van der Waals surface area (Å²) in [7, 11) is 4.17. The standard InChI is InChI=1S/C13H18N2OS/c1-9-14-11-5-4-10(8-13(11)16-9)12(6-7-17)15(2)3/h4-5,8,12,17H,6-7H2,1-3H3. The second-order valence-corrected chi connectivity index (χ2v) is 4.90. The van der Waals surface area contributed by atoms with Gasteiger partial charge in [-0.25, -0.2) is 4.98 Å². The molecule has 92 valence electrons. The Kier molecular flexibility index (Phi) is 3.74. The molecule has 0 aliphatic carbocycles. The lowest BCUT2D eigenvalue weighted by Gasteiger charge is -2.23. The number of hydrogen-bond donors (Lipinski definition) is 1. The van der Waals surface area contributed by atoms with E-state index in [0.717, 1.165) is 23.3 Å². The number of thiol groups is 1. The minimum Gasteiger partial charge on any atom is -0.441 e. The van der Waals surface area contributed by atoms with Gasteiger partial charge in [-0.05, 0) is 44.0 Å². The topological polar surface area (TPSA) is 29.3 Å². The quantitative estimate of drug-likeness (QED) is 0.846. The molecule has 0 aliphatic heterocycles.